The molecule has 0 unspecified atom stereocenters. The van der Waals surface area contributed by atoms with Crippen LogP contribution >= 0.6 is 0 Å². The topological polar surface area (TPSA) is 81.9 Å². The van der Waals surface area contributed by atoms with E-state index < -0.39 is 0 Å². The number of rotatable bonds is 5. The average Bonchev–Trinajstić information content (AvgIpc) is 2.97. The number of nitrogens with zero attached hydrogens (tertiary/aromatic N) is 4. The highest BCUT2D eigenvalue weighted by molar-refractivity contribution is 5.91. The first-order valence-electron chi connectivity index (χ1n) is 8.36. The normalized spacial score (nSPS) is 16.1. The van der Waals surface area contributed by atoms with Gasteiger partial charge >= 0.3 is 6.03 Å². The first kappa shape index (κ1) is 19.0. The summed E-state index contributed by atoms with van der Waals surface area (Å²) in [6, 6.07) is 1.63. The molecule has 8 heteroatoms. The molecule has 1 aromatic rings. The number of carbonyl (C=O) groups excluding carboxylic acids is 2. The molecule has 0 aliphatic carbocycles. The molecular formula is C17H27N5O3. The third kappa shape index (κ3) is 5.06. The average molecular weight is 349 g/mol. The van der Waals surface area contributed by atoms with E-state index in [2.05, 4.69) is 21.4 Å². The summed E-state index contributed by atoms with van der Waals surface area (Å²) in [4.78, 5) is 29.6. The summed E-state index contributed by atoms with van der Waals surface area (Å²) in [5, 5.41) is 6.50. The molecule has 8 nitrogen and oxygen atoms in total. The molecule has 1 aromatic heterocycles. The van der Waals surface area contributed by atoms with E-state index in [1.54, 1.807) is 43.9 Å². The zero-order valence-corrected chi connectivity index (χ0v) is 15.6. The minimum Gasteiger partial charge on any atom is -0.360 e. The van der Waals surface area contributed by atoms with Crippen molar-refractivity contribution in [1.82, 2.24) is 19.9 Å². The van der Waals surface area contributed by atoms with E-state index >= 15 is 0 Å². The van der Waals surface area contributed by atoms with Crippen LogP contribution in [-0.2, 0) is 4.79 Å². The van der Waals surface area contributed by atoms with Crippen LogP contribution in [0.5, 0.6) is 0 Å². The third-order valence-corrected chi connectivity index (χ3v) is 4.32. The molecule has 25 heavy (non-hydrogen) atoms. The number of nitrogens with one attached hydrogen (secondary N) is 1. The predicted molar refractivity (Wildman–Crippen MR) is 95.3 cm³/mol. The van der Waals surface area contributed by atoms with E-state index in [1.807, 2.05) is 6.92 Å². The molecule has 0 radical (unpaired) electrons. The van der Waals surface area contributed by atoms with Crippen LogP contribution in [0.3, 0.4) is 0 Å². The van der Waals surface area contributed by atoms with Gasteiger partial charge in [-0.25, -0.2) is 4.79 Å². The Morgan fingerprint density at radius 1 is 1.40 bits per heavy atom. The second-order valence-corrected chi connectivity index (χ2v) is 6.61. The lowest BCUT2D eigenvalue weighted by Crippen LogP contribution is -2.46. The number of anilines is 1. The Kier molecular flexibility index (Phi) is 6.19. The first-order valence-corrected chi connectivity index (χ1v) is 8.36. The highest BCUT2D eigenvalue weighted by Gasteiger charge is 2.24. The monoisotopic (exact) mass is 349 g/mol. The lowest BCUT2D eigenvalue weighted by molar-refractivity contribution is -0.117. The molecular weight excluding hydrogens is 322 g/mol. The second kappa shape index (κ2) is 8.15. The summed E-state index contributed by atoms with van der Waals surface area (Å²) in [5.74, 6) is 0.959. The van der Waals surface area contributed by atoms with Crippen molar-refractivity contribution in [3.63, 3.8) is 0 Å². The number of hydrogen-bond acceptors (Lipinski definition) is 5. The SMILES string of the molecule is Cc1cc(NC(=O)CN2CCC=C([C@@H](C)N(C)C(=O)N(C)C)C2)no1. The Hall–Kier alpha value is -2.35. The Balaban J connectivity index is 1.90. The number of carbonyl (C=O) groups is 2. The predicted octanol–water partition coefficient (Wildman–Crippen LogP) is 1.56. The standard InChI is InChI=1S/C17H27N5O3/c1-12-9-15(19-25-12)18-16(23)11-22-8-6-7-14(10-22)13(2)21(5)17(24)20(3)4/h7,9,13H,6,8,10-11H2,1-5H3,(H,18,19,23)/t13-/m1/s1. The first-order chi connectivity index (χ1) is 11.8. The summed E-state index contributed by atoms with van der Waals surface area (Å²) >= 11 is 0. The second-order valence-electron chi connectivity index (χ2n) is 6.61. The maximum atomic E-state index is 12.2. The number of urea groups is 1. The van der Waals surface area contributed by atoms with Gasteiger partial charge in [-0.3, -0.25) is 9.69 Å². The van der Waals surface area contributed by atoms with E-state index in [0.29, 0.717) is 18.1 Å². The maximum absolute atomic E-state index is 12.2. The van der Waals surface area contributed by atoms with Crippen LogP contribution in [0.1, 0.15) is 19.1 Å². The van der Waals surface area contributed by atoms with Crippen molar-refractivity contribution < 1.29 is 14.1 Å². The molecule has 1 N–H and O–H groups in total. The fourth-order valence-corrected chi connectivity index (χ4v) is 2.81. The van der Waals surface area contributed by atoms with Gasteiger partial charge in [-0.15, -0.1) is 0 Å². The van der Waals surface area contributed by atoms with Gasteiger partial charge in [0.15, 0.2) is 5.82 Å². The number of aryl methyl sites for hydroxylation is 1. The van der Waals surface area contributed by atoms with Crippen molar-refractivity contribution >= 4 is 17.8 Å². The number of aromatic nitrogens is 1. The van der Waals surface area contributed by atoms with E-state index in [4.69, 9.17) is 4.52 Å². The summed E-state index contributed by atoms with van der Waals surface area (Å²) in [6.07, 6.45) is 3.03. The van der Waals surface area contributed by atoms with Crippen molar-refractivity contribution in [2.75, 3.05) is 46.1 Å². The third-order valence-electron chi connectivity index (χ3n) is 4.32. The van der Waals surface area contributed by atoms with Crippen LogP contribution in [0.4, 0.5) is 10.6 Å². The molecule has 2 rings (SSSR count). The molecule has 1 aliphatic rings. The van der Waals surface area contributed by atoms with E-state index in [1.165, 1.54) is 0 Å². The fourth-order valence-electron chi connectivity index (χ4n) is 2.81. The zero-order valence-electron chi connectivity index (χ0n) is 15.6. The summed E-state index contributed by atoms with van der Waals surface area (Å²) in [7, 11) is 5.28. The van der Waals surface area contributed by atoms with E-state index in [0.717, 1.165) is 18.5 Å². The maximum Gasteiger partial charge on any atom is 0.319 e. The van der Waals surface area contributed by atoms with Gasteiger partial charge < -0.3 is 19.6 Å². The van der Waals surface area contributed by atoms with Crippen LogP contribution in [0.15, 0.2) is 22.2 Å². The molecule has 1 atom stereocenters. The molecule has 3 amide bonds. The van der Waals surface area contributed by atoms with Crippen molar-refractivity contribution in [2.45, 2.75) is 26.3 Å². The Labute approximate surface area is 148 Å². The van der Waals surface area contributed by atoms with Crippen molar-refractivity contribution in [1.29, 1.82) is 0 Å². The molecule has 0 saturated carbocycles. The molecule has 2 heterocycles. The number of hydrogen-bond donors (Lipinski definition) is 1. The summed E-state index contributed by atoms with van der Waals surface area (Å²) < 4.78 is 4.94. The molecule has 138 valence electrons. The molecule has 0 bridgehead atoms. The molecule has 1 aliphatic heterocycles. The zero-order chi connectivity index (χ0) is 18.6. The van der Waals surface area contributed by atoms with Gasteiger partial charge in [0.25, 0.3) is 0 Å². The summed E-state index contributed by atoms with van der Waals surface area (Å²) in [5.41, 5.74) is 1.15. The smallest absolute Gasteiger partial charge is 0.319 e. The molecule has 0 aromatic carbocycles. The quantitative estimate of drug-likeness (QED) is 0.816. The summed E-state index contributed by atoms with van der Waals surface area (Å²) in [6.45, 7) is 5.54. The van der Waals surface area contributed by atoms with Gasteiger partial charge in [-0.05, 0) is 25.8 Å². The Morgan fingerprint density at radius 2 is 2.12 bits per heavy atom. The highest BCUT2D eigenvalue weighted by atomic mass is 16.5. The minimum absolute atomic E-state index is 0.0149. The number of amides is 3. The van der Waals surface area contributed by atoms with Gasteiger partial charge in [0.1, 0.15) is 5.76 Å². The number of likely N-dealkylation sites (N-methyl/N-ethyl adjacent to an activating group) is 1. The largest absolute Gasteiger partial charge is 0.360 e. The van der Waals surface area contributed by atoms with Crippen molar-refractivity contribution in [2.24, 2.45) is 0 Å². The van der Waals surface area contributed by atoms with Crippen LogP contribution in [0, 0.1) is 6.92 Å². The van der Waals surface area contributed by atoms with Crippen LogP contribution in [-0.4, -0.2) is 78.6 Å². The van der Waals surface area contributed by atoms with Crippen LogP contribution in [0.25, 0.3) is 0 Å². The van der Waals surface area contributed by atoms with Gasteiger partial charge in [-0.1, -0.05) is 11.2 Å². The lowest BCUT2D eigenvalue weighted by Gasteiger charge is -2.34. The highest BCUT2D eigenvalue weighted by Crippen LogP contribution is 2.17. The molecule has 0 saturated heterocycles. The van der Waals surface area contributed by atoms with Gasteiger partial charge in [-0.2, -0.15) is 0 Å². The van der Waals surface area contributed by atoms with E-state index in [9.17, 15) is 9.59 Å². The molecule has 0 fully saturated rings. The minimum atomic E-state index is -0.125. The molecule has 0 spiro atoms. The fraction of sp³-hybridized carbons (Fsp3) is 0.588. The van der Waals surface area contributed by atoms with Crippen molar-refractivity contribution in [3.8, 4) is 0 Å². The van der Waals surface area contributed by atoms with Crippen LogP contribution in [0.2, 0.25) is 0 Å². The van der Waals surface area contributed by atoms with E-state index in [-0.39, 0.29) is 24.5 Å². The van der Waals surface area contributed by atoms with Crippen LogP contribution < -0.4 is 5.32 Å². The van der Waals surface area contributed by atoms with Gasteiger partial charge in [0.05, 0.1) is 12.6 Å². The van der Waals surface area contributed by atoms with Gasteiger partial charge in [0, 0.05) is 40.3 Å². The lowest BCUT2D eigenvalue weighted by atomic mass is 10.0. The Bertz CT molecular complexity index is 652. The van der Waals surface area contributed by atoms with Gasteiger partial charge in [0.2, 0.25) is 5.91 Å². The Morgan fingerprint density at radius 3 is 2.72 bits per heavy atom. The van der Waals surface area contributed by atoms with Crippen molar-refractivity contribution in [3.05, 3.63) is 23.5 Å².